The lowest BCUT2D eigenvalue weighted by Crippen LogP contribution is -2.30. The molecule has 4 nitrogen and oxygen atoms in total. The molecule has 23 heavy (non-hydrogen) atoms. The second-order valence-corrected chi connectivity index (χ2v) is 6.21. The molecule has 0 N–H and O–H groups in total. The summed E-state index contributed by atoms with van der Waals surface area (Å²) < 4.78 is 0. The van der Waals surface area contributed by atoms with Crippen LogP contribution in [0, 0.1) is 11.3 Å². The summed E-state index contributed by atoms with van der Waals surface area (Å²) in [5.41, 5.74) is 2.97. The average molecular weight is 325 g/mol. The topological polar surface area (TPSA) is 57.0 Å². The predicted molar refractivity (Wildman–Crippen MR) is 92.9 cm³/mol. The van der Waals surface area contributed by atoms with Gasteiger partial charge in [0.1, 0.15) is 0 Å². The van der Waals surface area contributed by atoms with Gasteiger partial charge in [0, 0.05) is 31.7 Å². The van der Waals surface area contributed by atoms with Crippen LogP contribution in [0.5, 0.6) is 0 Å². The van der Waals surface area contributed by atoms with Crippen molar-refractivity contribution >= 4 is 17.7 Å². The van der Waals surface area contributed by atoms with Crippen molar-refractivity contribution in [3.63, 3.8) is 0 Å². The van der Waals surface area contributed by atoms with Gasteiger partial charge in [0.05, 0.1) is 17.4 Å². The van der Waals surface area contributed by atoms with Gasteiger partial charge in [0.15, 0.2) is 0 Å². The number of benzene rings is 1. The number of aromatic nitrogens is 1. The zero-order valence-electron chi connectivity index (χ0n) is 13.1. The first-order chi connectivity index (χ1) is 11.2. The van der Waals surface area contributed by atoms with E-state index in [9.17, 15) is 4.79 Å². The van der Waals surface area contributed by atoms with E-state index in [0.717, 1.165) is 17.7 Å². The fraction of sp³-hybridized carbons (Fsp3) is 0.278. The molecule has 5 heteroatoms. The molecule has 2 rings (SSSR count). The minimum atomic E-state index is 0.137. The van der Waals surface area contributed by atoms with E-state index in [2.05, 4.69) is 11.1 Å². The highest BCUT2D eigenvalue weighted by atomic mass is 32.2. The summed E-state index contributed by atoms with van der Waals surface area (Å²) in [7, 11) is 1.84. The molecular formula is C18H19N3OS. The third-order valence-corrected chi connectivity index (χ3v) is 4.48. The van der Waals surface area contributed by atoms with Crippen molar-refractivity contribution in [1.82, 2.24) is 9.88 Å². The molecule has 1 amide bonds. The Morgan fingerprint density at radius 1 is 1.17 bits per heavy atom. The molecule has 0 spiro atoms. The highest BCUT2D eigenvalue weighted by molar-refractivity contribution is 7.99. The van der Waals surface area contributed by atoms with E-state index in [0.29, 0.717) is 17.9 Å². The maximum atomic E-state index is 12.1. The number of nitrogens with zero attached hydrogens (tertiary/aromatic N) is 3. The van der Waals surface area contributed by atoms with E-state index in [4.69, 9.17) is 5.26 Å². The molecule has 0 aliphatic carbocycles. The lowest BCUT2D eigenvalue weighted by Gasteiger charge is -2.17. The molecule has 2 aromatic rings. The van der Waals surface area contributed by atoms with Crippen LogP contribution in [0.25, 0.3) is 0 Å². The molecule has 0 saturated carbocycles. The molecule has 0 bridgehead atoms. The molecule has 0 radical (unpaired) electrons. The van der Waals surface area contributed by atoms with Gasteiger partial charge in [-0.3, -0.25) is 9.78 Å². The summed E-state index contributed by atoms with van der Waals surface area (Å²) in [5, 5.41) is 8.76. The van der Waals surface area contributed by atoms with Crippen molar-refractivity contribution in [3.8, 4) is 6.07 Å². The Bertz CT molecular complexity index is 665. The Hall–Kier alpha value is -2.32. The van der Waals surface area contributed by atoms with E-state index in [-0.39, 0.29) is 5.91 Å². The molecule has 1 heterocycles. The summed E-state index contributed by atoms with van der Waals surface area (Å²) in [6, 6.07) is 13.5. The van der Waals surface area contributed by atoms with Gasteiger partial charge >= 0.3 is 0 Å². The number of thioether (sulfide) groups is 1. The van der Waals surface area contributed by atoms with Crippen LogP contribution in [0.1, 0.15) is 16.7 Å². The molecule has 0 unspecified atom stereocenters. The maximum absolute atomic E-state index is 12.1. The van der Waals surface area contributed by atoms with Crippen molar-refractivity contribution in [2.45, 2.75) is 12.2 Å². The fourth-order valence-electron chi connectivity index (χ4n) is 2.01. The Labute approximate surface area is 141 Å². The SMILES string of the molecule is CN(CCc1ccncc1)C(=O)CSCc1ccc(C#N)cc1. The van der Waals surface area contributed by atoms with Gasteiger partial charge in [-0.15, -0.1) is 11.8 Å². The normalized spacial score (nSPS) is 10.1. The summed E-state index contributed by atoms with van der Waals surface area (Å²) in [4.78, 5) is 17.9. The molecule has 0 atom stereocenters. The van der Waals surface area contributed by atoms with Crippen LogP contribution in [0.4, 0.5) is 0 Å². The molecule has 0 aliphatic rings. The molecule has 1 aromatic carbocycles. The van der Waals surface area contributed by atoms with Gasteiger partial charge in [-0.25, -0.2) is 0 Å². The maximum Gasteiger partial charge on any atom is 0.232 e. The number of rotatable bonds is 7. The average Bonchev–Trinajstić information content (AvgIpc) is 2.61. The molecular weight excluding hydrogens is 306 g/mol. The third kappa shape index (κ3) is 5.76. The first-order valence-corrected chi connectivity index (χ1v) is 8.54. The molecule has 0 aliphatic heterocycles. The van der Waals surface area contributed by atoms with Gasteiger partial charge in [-0.05, 0) is 41.8 Å². The Morgan fingerprint density at radius 3 is 2.52 bits per heavy atom. The van der Waals surface area contributed by atoms with Crippen LogP contribution in [0.15, 0.2) is 48.8 Å². The Morgan fingerprint density at radius 2 is 1.87 bits per heavy atom. The molecule has 0 fully saturated rings. The minimum Gasteiger partial charge on any atom is -0.345 e. The van der Waals surface area contributed by atoms with Crippen molar-refractivity contribution in [2.24, 2.45) is 0 Å². The summed E-state index contributed by atoms with van der Waals surface area (Å²) in [5.74, 6) is 1.38. The number of nitriles is 1. The zero-order chi connectivity index (χ0) is 16.5. The van der Waals surface area contributed by atoms with E-state index in [1.54, 1.807) is 41.2 Å². The lowest BCUT2D eigenvalue weighted by molar-refractivity contribution is -0.127. The van der Waals surface area contributed by atoms with Crippen LogP contribution in [0.3, 0.4) is 0 Å². The van der Waals surface area contributed by atoms with Crippen LogP contribution in [-0.4, -0.2) is 35.1 Å². The van der Waals surface area contributed by atoms with E-state index in [1.165, 1.54) is 5.56 Å². The minimum absolute atomic E-state index is 0.137. The number of likely N-dealkylation sites (N-methyl/N-ethyl adjacent to an activating group) is 1. The lowest BCUT2D eigenvalue weighted by atomic mass is 10.2. The third-order valence-electron chi connectivity index (χ3n) is 3.49. The Kier molecular flexibility index (Phi) is 6.64. The zero-order valence-corrected chi connectivity index (χ0v) is 13.9. The molecule has 1 aromatic heterocycles. The predicted octanol–water partition coefficient (Wildman–Crippen LogP) is 2.89. The number of hydrogen-bond donors (Lipinski definition) is 0. The summed E-state index contributed by atoms with van der Waals surface area (Å²) in [6.45, 7) is 0.709. The smallest absolute Gasteiger partial charge is 0.232 e. The number of amides is 1. The van der Waals surface area contributed by atoms with Crippen LogP contribution in [-0.2, 0) is 17.0 Å². The van der Waals surface area contributed by atoms with Gasteiger partial charge in [0.2, 0.25) is 5.91 Å². The highest BCUT2D eigenvalue weighted by Gasteiger charge is 2.08. The second-order valence-electron chi connectivity index (χ2n) is 5.22. The number of pyridine rings is 1. The van der Waals surface area contributed by atoms with Crippen molar-refractivity contribution < 1.29 is 4.79 Å². The van der Waals surface area contributed by atoms with Crippen molar-refractivity contribution in [3.05, 3.63) is 65.5 Å². The van der Waals surface area contributed by atoms with Gasteiger partial charge in [-0.1, -0.05) is 12.1 Å². The number of carbonyl (C=O) groups is 1. The quantitative estimate of drug-likeness (QED) is 0.785. The Balaban J connectivity index is 1.70. The first kappa shape index (κ1) is 17.0. The number of carbonyl (C=O) groups excluding carboxylic acids is 1. The number of hydrogen-bond acceptors (Lipinski definition) is 4. The van der Waals surface area contributed by atoms with Crippen LogP contribution >= 0.6 is 11.8 Å². The van der Waals surface area contributed by atoms with Gasteiger partial charge < -0.3 is 4.90 Å². The van der Waals surface area contributed by atoms with Crippen LogP contribution in [0.2, 0.25) is 0 Å². The summed E-state index contributed by atoms with van der Waals surface area (Å²) >= 11 is 1.59. The van der Waals surface area contributed by atoms with E-state index < -0.39 is 0 Å². The van der Waals surface area contributed by atoms with Crippen LogP contribution < -0.4 is 0 Å². The van der Waals surface area contributed by atoms with E-state index >= 15 is 0 Å². The van der Waals surface area contributed by atoms with Gasteiger partial charge in [0.25, 0.3) is 0 Å². The van der Waals surface area contributed by atoms with Gasteiger partial charge in [-0.2, -0.15) is 5.26 Å². The molecule has 0 saturated heterocycles. The molecule has 118 valence electrons. The van der Waals surface area contributed by atoms with E-state index in [1.807, 2.05) is 31.3 Å². The summed E-state index contributed by atoms with van der Waals surface area (Å²) in [6.07, 6.45) is 4.38. The fourth-order valence-corrected chi connectivity index (χ4v) is 2.94. The highest BCUT2D eigenvalue weighted by Crippen LogP contribution is 2.13. The monoisotopic (exact) mass is 325 g/mol. The second kappa shape index (κ2) is 8.96. The van der Waals surface area contributed by atoms with Crippen molar-refractivity contribution in [1.29, 1.82) is 5.26 Å². The van der Waals surface area contributed by atoms with Crippen molar-refractivity contribution in [2.75, 3.05) is 19.3 Å². The standard InChI is InChI=1S/C18H19N3OS/c1-21(11-8-15-6-9-20-10-7-15)18(22)14-23-13-17-4-2-16(12-19)3-5-17/h2-7,9-10H,8,11,13-14H2,1H3. The largest absolute Gasteiger partial charge is 0.345 e. The first-order valence-electron chi connectivity index (χ1n) is 7.38.